The molecule has 0 aliphatic carbocycles. The van der Waals surface area contributed by atoms with Crippen molar-refractivity contribution in [1.29, 1.82) is 0 Å². The van der Waals surface area contributed by atoms with Gasteiger partial charge < -0.3 is 10.2 Å². The second-order valence-electron chi connectivity index (χ2n) is 3.55. The molecule has 0 radical (unpaired) electrons. The van der Waals surface area contributed by atoms with E-state index in [9.17, 15) is 13.2 Å². The maximum atomic E-state index is 12.5. The molecule has 0 aliphatic rings. The van der Waals surface area contributed by atoms with E-state index in [1.165, 1.54) is 6.07 Å². The van der Waals surface area contributed by atoms with Gasteiger partial charge in [-0.15, -0.1) is 12.4 Å². The van der Waals surface area contributed by atoms with Gasteiger partial charge in [0, 0.05) is 5.56 Å². The van der Waals surface area contributed by atoms with Crippen LogP contribution in [-0.4, -0.2) is 0 Å². The molecule has 18 heavy (non-hydrogen) atoms. The molecule has 2 nitrogen and oxygen atoms in total. The Labute approximate surface area is 108 Å². The second-order valence-corrected chi connectivity index (χ2v) is 3.55. The zero-order valence-corrected chi connectivity index (χ0v) is 10.0. The van der Waals surface area contributed by atoms with Crippen LogP contribution in [0.4, 0.5) is 13.2 Å². The second kappa shape index (κ2) is 5.46. The van der Waals surface area contributed by atoms with E-state index < -0.39 is 11.7 Å². The molecule has 0 saturated carbocycles. The summed E-state index contributed by atoms with van der Waals surface area (Å²) >= 11 is 0. The summed E-state index contributed by atoms with van der Waals surface area (Å²) in [5, 5.41) is 0. The summed E-state index contributed by atoms with van der Waals surface area (Å²) in [7, 11) is 0. The lowest BCUT2D eigenvalue weighted by Crippen LogP contribution is -2.04. The predicted octanol–water partition coefficient (Wildman–Crippen LogP) is 3.85. The predicted molar refractivity (Wildman–Crippen MR) is 64.3 cm³/mol. The lowest BCUT2D eigenvalue weighted by molar-refractivity contribution is -0.137. The normalized spacial score (nSPS) is 11.1. The first-order valence-electron chi connectivity index (χ1n) is 4.97. The highest BCUT2D eigenvalue weighted by atomic mass is 35.5. The number of hydrogen-bond acceptors (Lipinski definition) is 2. The van der Waals surface area contributed by atoms with E-state index in [4.69, 9.17) is 10.2 Å². The molecule has 98 valence electrons. The minimum absolute atomic E-state index is 0. The van der Waals surface area contributed by atoms with Crippen LogP contribution in [-0.2, 0) is 12.7 Å². The van der Waals surface area contributed by atoms with Gasteiger partial charge in [-0.1, -0.05) is 12.1 Å². The molecule has 0 bridgehead atoms. The van der Waals surface area contributed by atoms with Crippen molar-refractivity contribution in [2.45, 2.75) is 12.7 Å². The molecule has 0 spiro atoms. The molecule has 2 N–H and O–H groups in total. The number of halogens is 4. The largest absolute Gasteiger partial charge is 0.460 e. The first kappa shape index (κ1) is 14.6. The Morgan fingerprint density at radius 3 is 2.39 bits per heavy atom. The summed E-state index contributed by atoms with van der Waals surface area (Å²) in [6, 6.07) is 8.25. The van der Waals surface area contributed by atoms with Crippen LogP contribution in [0.2, 0.25) is 0 Å². The highest BCUT2D eigenvalue weighted by Crippen LogP contribution is 2.32. The van der Waals surface area contributed by atoms with Gasteiger partial charge in [0.15, 0.2) is 0 Å². The van der Waals surface area contributed by atoms with Gasteiger partial charge in [0.1, 0.15) is 11.5 Å². The number of alkyl halides is 3. The Kier molecular flexibility index (Phi) is 4.43. The van der Waals surface area contributed by atoms with Gasteiger partial charge in [0.2, 0.25) is 0 Å². The molecule has 0 atom stereocenters. The summed E-state index contributed by atoms with van der Waals surface area (Å²) < 4.78 is 42.8. The molecule has 0 fully saturated rings. The third kappa shape index (κ3) is 3.05. The van der Waals surface area contributed by atoms with Crippen LogP contribution in [0.1, 0.15) is 11.3 Å². The van der Waals surface area contributed by atoms with E-state index in [1.807, 2.05) is 0 Å². The molecule has 0 aliphatic heterocycles. The quantitative estimate of drug-likeness (QED) is 0.906. The molecule has 0 unspecified atom stereocenters. The van der Waals surface area contributed by atoms with E-state index in [0.717, 1.165) is 12.1 Å². The average Bonchev–Trinajstić information content (AvgIpc) is 2.76. The standard InChI is InChI=1S/C12H10F3NO.ClH/c13-12(14,15)9-3-1-2-8(6-9)11-5-4-10(7-16)17-11;/h1-6H,7,16H2;1H. The summed E-state index contributed by atoms with van der Waals surface area (Å²) in [4.78, 5) is 0. The summed E-state index contributed by atoms with van der Waals surface area (Å²) in [5.74, 6) is 0.925. The minimum atomic E-state index is -4.35. The molecule has 1 aromatic carbocycles. The number of benzene rings is 1. The molecule has 2 rings (SSSR count). The van der Waals surface area contributed by atoms with Gasteiger partial charge in [-0.3, -0.25) is 0 Å². The van der Waals surface area contributed by atoms with Gasteiger partial charge >= 0.3 is 6.18 Å². The van der Waals surface area contributed by atoms with Crippen LogP contribution in [0.5, 0.6) is 0 Å². The highest BCUT2D eigenvalue weighted by molar-refractivity contribution is 5.85. The number of rotatable bonds is 2. The Morgan fingerprint density at radius 2 is 1.83 bits per heavy atom. The van der Waals surface area contributed by atoms with Crippen LogP contribution in [0, 0.1) is 0 Å². The van der Waals surface area contributed by atoms with Gasteiger partial charge in [-0.2, -0.15) is 13.2 Å². The third-order valence-electron chi connectivity index (χ3n) is 2.34. The molecule has 0 amide bonds. The van der Waals surface area contributed by atoms with E-state index in [-0.39, 0.29) is 19.0 Å². The fourth-order valence-electron chi connectivity index (χ4n) is 1.49. The van der Waals surface area contributed by atoms with Crippen molar-refractivity contribution in [2.24, 2.45) is 5.73 Å². The summed E-state index contributed by atoms with van der Waals surface area (Å²) in [6.07, 6.45) is -4.35. The zero-order valence-electron chi connectivity index (χ0n) is 9.20. The summed E-state index contributed by atoms with van der Waals surface area (Å²) in [5.41, 5.74) is 5.06. The Hall–Kier alpha value is -1.46. The van der Waals surface area contributed by atoms with Crippen molar-refractivity contribution in [3.8, 4) is 11.3 Å². The molecule has 6 heteroatoms. The molecule has 0 saturated heterocycles. The molecule has 2 aromatic rings. The van der Waals surface area contributed by atoms with Crippen LogP contribution < -0.4 is 5.73 Å². The van der Waals surface area contributed by atoms with E-state index in [0.29, 0.717) is 17.1 Å². The number of nitrogens with two attached hydrogens (primary N) is 1. The topological polar surface area (TPSA) is 39.2 Å². The van der Waals surface area contributed by atoms with Crippen LogP contribution in [0.3, 0.4) is 0 Å². The average molecular weight is 278 g/mol. The van der Waals surface area contributed by atoms with Crippen molar-refractivity contribution in [3.05, 3.63) is 47.7 Å². The Balaban J connectivity index is 0.00000162. The lowest BCUT2D eigenvalue weighted by atomic mass is 10.1. The third-order valence-corrected chi connectivity index (χ3v) is 2.34. The minimum Gasteiger partial charge on any atom is -0.460 e. The highest BCUT2D eigenvalue weighted by Gasteiger charge is 2.30. The van der Waals surface area contributed by atoms with Crippen molar-refractivity contribution < 1.29 is 17.6 Å². The first-order chi connectivity index (χ1) is 8.00. The van der Waals surface area contributed by atoms with Crippen molar-refractivity contribution in [2.75, 3.05) is 0 Å². The van der Waals surface area contributed by atoms with Crippen LogP contribution >= 0.6 is 12.4 Å². The van der Waals surface area contributed by atoms with Crippen molar-refractivity contribution >= 4 is 12.4 Å². The molecule has 1 aromatic heterocycles. The summed E-state index contributed by atoms with van der Waals surface area (Å²) in [6.45, 7) is 0.221. The van der Waals surface area contributed by atoms with Crippen molar-refractivity contribution in [3.63, 3.8) is 0 Å². The van der Waals surface area contributed by atoms with Crippen molar-refractivity contribution in [1.82, 2.24) is 0 Å². The lowest BCUT2D eigenvalue weighted by Gasteiger charge is -2.07. The maximum absolute atomic E-state index is 12.5. The van der Waals surface area contributed by atoms with Crippen LogP contribution in [0.25, 0.3) is 11.3 Å². The molecular formula is C12H11ClF3NO. The molecular weight excluding hydrogens is 267 g/mol. The Morgan fingerprint density at radius 1 is 1.11 bits per heavy atom. The first-order valence-corrected chi connectivity index (χ1v) is 4.97. The SMILES string of the molecule is Cl.NCc1ccc(-c2cccc(C(F)(F)F)c2)o1. The van der Waals surface area contributed by atoms with E-state index >= 15 is 0 Å². The smallest absolute Gasteiger partial charge is 0.416 e. The molecule has 1 heterocycles. The van der Waals surface area contributed by atoms with Crippen LogP contribution in [0.15, 0.2) is 40.8 Å². The fraction of sp³-hybridized carbons (Fsp3) is 0.167. The van der Waals surface area contributed by atoms with E-state index in [1.54, 1.807) is 18.2 Å². The van der Waals surface area contributed by atoms with Gasteiger partial charge in [-0.25, -0.2) is 0 Å². The fourth-order valence-corrected chi connectivity index (χ4v) is 1.49. The Bertz CT molecular complexity index is 522. The van der Waals surface area contributed by atoms with Gasteiger partial charge in [0.25, 0.3) is 0 Å². The van der Waals surface area contributed by atoms with Gasteiger partial charge in [0.05, 0.1) is 12.1 Å². The maximum Gasteiger partial charge on any atom is 0.416 e. The number of hydrogen-bond donors (Lipinski definition) is 1. The van der Waals surface area contributed by atoms with E-state index in [2.05, 4.69) is 0 Å². The number of furan rings is 1. The zero-order chi connectivity index (χ0) is 12.5. The van der Waals surface area contributed by atoms with Gasteiger partial charge in [-0.05, 0) is 24.3 Å². The monoisotopic (exact) mass is 277 g/mol.